The van der Waals surface area contributed by atoms with Gasteiger partial charge in [0.15, 0.2) is 0 Å². The first kappa shape index (κ1) is 18.1. The van der Waals surface area contributed by atoms with Gasteiger partial charge in [0.05, 0.1) is 5.69 Å². The minimum absolute atomic E-state index is 0.122. The van der Waals surface area contributed by atoms with E-state index < -0.39 is 5.82 Å². The van der Waals surface area contributed by atoms with E-state index in [2.05, 4.69) is 27.9 Å². The molecule has 7 heteroatoms. The SMILES string of the molecule is Cc1c(-c2cc(F)c3c(c2)/C(=C/C2CC(C)CN2)C(=O)N3)cnc2c1NCCO2. The summed E-state index contributed by atoms with van der Waals surface area (Å²) >= 11 is 0. The van der Waals surface area contributed by atoms with E-state index in [4.69, 9.17) is 4.74 Å². The molecule has 2 aromatic rings. The Morgan fingerprint density at radius 1 is 1.28 bits per heavy atom. The zero-order valence-corrected chi connectivity index (χ0v) is 16.4. The van der Waals surface area contributed by atoms with Crippen LogP contribution in [0.15, 0.2) is 24.4 Å². The largest absolute Gasteiger partial charge is 0.474 e. The zero-order valence-electron chi connectivity index (χ0n) is 16.4. The second-order valence-electron chi connectivity index (χ2n) is 8.02. The molecule has 3 aliphatic heterocycles. The molecule has 29 heavy (non-hydrogen) atoms. The van der Waals surface area contributed by atoms with Crippen molar-refractivity contribution in [3.05, 3.63) is 41.3 Å². The quantitative estimate of drug-likeness (QED) is 0.682. The van der Waals surface area contributed by atoms with Gasteiger partial charge < -0.3 is 20.7 Å². The Kier molecular flexibility index (Phi) is 4.28. The van der Waals surface area contributed by atoms with Gasteiger partial charge in [-0.3, -0.25) is 4.79 Å². The van der Waals surface area contributed by atoms with E-state index in [-0.39, 0.29) is 17.6 Å². The number of ether oxygens (including phenoxy) is 1. The van der Waals surface area contributed by atoms with Crippen molar-refractivity contribution in [3.63, 3.8) is 0 Å². The summed E-state index contributed by atoms with van der Waals surface area (Å²) in [5.74, 6) is 0.428. The number of pyridine rings is 1. The molecule has 1 aromatic carbocycles. The van der Waals surface area contributed by atoms with Crippen molar-refractivity contribution in [3.8, 4) is 17.0 Å². The number of hydrogen-bond acceptors (Lipinski definition) is 5. The predicted octanol–water partition coefficient (Wildman–Crippen LogP) is 3.33. The van der Waals surface area contributed by atoms with Gasteiger partial charge in [-0.25, -0.2) is 9.37 Å². The average molecular weight is 394 g/mol. The highest BCUT2D eigenvalue weighted by atomic mass is 19.1. The zero-order chi connectivity index (χ0) is 20.1. The molecule has 0 bridgehead atoms. The Hall–Kier alpha value is -2.93. The molecule has 1 saturated heterocycles. The first-order valence-corrected chi connectivity index (χ1v) is 9.98. The molecule has 2 unspecified atom stereocenters. The van der Waals surface area contributed by atoms with Gasteiger partial charge >= 0.3 is 0 Å². The molecule has 0 aliphatic carbocycles. The number of carbonyl (C=O) groups excluding carboxylic acids is 1. The maximum absolute atomic E-state index is 14.9. The minimum Gasteiger partial charge on any atom is -0.474 e. The van der Waals surface area contributed by atoms with Gasteiger partial charge in [-0.2, -0.15) is 0 Å². The van der Waals surface area contributed by atoms with Crippen LogP contribution in [-0.2, 0) is 4.79 Å². The van der Waals surface area contributed by atoms with Gasteiger partial charge in [0, 0.05) is 35.5 Å². The van der Waals surface area contributed by atoms with Crippen molar-refractivity contribution in [1.29, 1.82) is 0 Å². The van der Waals surface area contributed by atoms with Gasteiger partial charge in [-0.05, 0) is 49.1 Å². The highest BCUT2D eigenvalue weighted by Crippen LogP contribution is 2.41. The summed E-state index contributed by atoms with van der Waals surface area (Å²) in [5, 5.41) is 9.40. The molecule has 3 N–H and O–H groups in total. The molecule has 4 heterocycles. The van der Waals surface area contributed by atoms with Crippen LogP contribution in [0, 0.1) is 18.7 Å². The number of nitrogens with zero attached hydrogens (tertiary/aromatic N) is 1. The van der Waals surface area contributed by atoms with E-state index in [1.54, 1.807) is 6.20 Å². The van der Waals surface area contributed by atoms with Crippen LogP contribution in [0.2, 0.25) is 0 Å². The van der Waals surface area contributed by atoms with E-state index in [1.165, 1.54) is 6.07 Å². The number of hydrogen-bond donors (Lipinski definition) is 3. The van der Waals surface area contributed by atoms with Crippen molar-refractivity contribution in [1.82, 2.24) is 10.3 Å². The van der Waals surface area contributed by atoms with E-state index in [0.717, 1.165) is 29.8 Å². The third-order valence-electron chi connectivity index (χ3n) is 5.87. The number of nitrogens with one attached hydrogen (secondary N) is 3. The second kappa shape index (κ2) is 6.84. The fourth-order valence-corrected chi connectivity index (χ4v) is 4.36. The standard InChI is InChI=1S/C22H23FN4O2/c1-11-5-14(25-9-11)8-16-15-6-13(7-18(23)20(15)27-21(16)28)17-10-26-22-19(12(17)2)24-3-4-29-22/h6-8,10-11,14,24-25H,3-5,9H2,1-2H3,(H,27,28)/b16-8-. The molecular weight excluding hydrogens is 371 g/mol. The summed E-state index contributed by atoms with van der Waals surface area (Å²) in [6.07, 6.45) is 4.60. The summed E-state index contributed by atoms with van der Waals surface area (Å²) in [5.41, 5.74) is 4.67. The van der Waals surface area contributed by atoms with Gasteiger partial charge in [-0.1, -0.05) is 13.0 Å². The molecular formula is C22H23FN4O2. The molecule has 1 fully saturated rings. The number of rotatable bonds is 2. The molecule has 150 valence electrons. The first-order valence-electron chi connectivity index (χ1n) is 9.98. The summed E-state index contributed by atoms with van der Waals surface area (Å²) < 4.78 is 20.5. The maximum atomic E-state index is 14.9. The minimum atomic E-state index is -0.441. The third-order valence-corrected chi connectivity index (χ3v) is 5.87. The third kappa shape index (κ3) is 3.06. The number of fused-ring (bicyclic) bond motifs is 2. The van der Waals surface area contributed by atoms with Crippen LogP contribution in [0.4, 0.5) is 15.8 Å². The van der Waals surface area contributed by atoms with Crippen LogP contribution in [-0.4, -0.2) is 36.6 Å². The van der Waals surface area contributed by atoms with Gasteiger partial charge in [-0.15, -0.1) is 0 Å². The van der Waals surface area contributed by atoms with Crippen LogP contribution >= 0.6 is 0 Å². The van der Waals surface area contributed by atoms with Crippen molar-refractivity contribution in [2.45, 2.75) is 26.3 Å². The number of aromatic nitrogens is 1. The van der Waals surface area contributed by atoms with Crippen LogP contribution in [0.25, 0.3) is 16.7 Å². The van der Waals surface area contributed by atoms with E-state index in [1.807, 2.05) is 19.1 Å². The van der Waals surface area contributed by atoms with Gasteiger partial charge in [0.25, 0.3) is 5.91 Å². The number of carbonyl (C=O) groups is 1. The Morgan fingerprint density at radius 3 is 2.93 bits per heavy atom. The lowest BCUT2D eigenvalue weighted by atomic mass is 9.95. The van der Waals surface area contributed by atoms with Gasteiger partial charge in [0.1, 0.15) is 18.1 Å². The maximum Gasteiger partial charge on any atom is 0.256 e. The molecule has 0 spiro atoms. The van der Waals surface area contributed by atoms with Crippen molar-refractivity contribution in [2.75, 3.05) is 30.3 Å². The number of benzene rings is 1. The topological polar surface area (TPSA) is 75.3 Å². The molecule has 2 atom stereocenters. The van der Waals surface area contributed by atoms with Gasteiger partial charge in [0.2, 0.25) is 5.88 Å². The normalized spacial score (nSPS) is 24.0. The van der Waals surface area contributed by atoms with Crippen LogP contribution < -0.4 is 20.7 Å². The smallest absolute Gasteiger partial charge is 0.256 e. The highest BCUT2D eigenvalue weighted by Gasteiger charge is 2.30. The monoisotopic (exact) mass is 394 g/mol. The summed E-state index contributed by atoms with van der Waals surface area (Å²) in [7, 11) is 0. The molecule has 6 nitrogen and oxygen atoms in total. The Balaban J connectivity index is 1.59. The fourth-order valence-electron chi connectivity index (χ4n) is 4.36. The molecule has 1 amide bonds. The van der Waals surface area contributed by atoms with Crippen molar-refractivity contribution < 1.29 is 13.9 Å². The van der Waals surface area contributed by atoms with E-state index in [0.29, 0.717) is 41.6 Å². The molecule has 3 aliphatic rings. The fraction of sp³-hybridized carbons (Fsp3) is 0.364. The average Bonchev–Trinajstić information content (AvgIpc) is 3.26. The summed E-state index contributed by atoms with van der Waals surface area (Å²) in [6, 6.07) is 3.45. The van der Waals surface area contributed by atoms with Crippen LogP contribution in [0.1, 0.15) is 24.5 Å². The van der Waals surface area contributed by atoms with E-state index >= 15 is 0 Å². The number of anilines is 2. The lowest BCUT2D eigenvalue weighted by molar-refractivity contribution is -0.110. The highest BCUT2D eigenvalue weighted by molar-refractivity contribution is 6.31. The van der Waals surface area contributed by atoms with Crippen molar-refractivity contribution in [2.24, 2.45) is 5.92 Å². The van der Waals surface area contributed by atoms with Crippen LogP contribution in [0.3, 0.4) is 0 Å². The lowest BCUT2D eigenvalue weighted by Gasteiger charge is -2.21. The van der Waals surface area contributed by atoms with Crippen LogP contribution in [0.5, 0.6) is 5.88 Å². The Bertz CT molecular complexity index is 1050. The second-order valence-corrected chi connectivity index (χ2v) is 8.02. The van der Waals surface area contributed by atoms with Crippen molar-refractivity contribution >= 4 is 22.9 Å². The first-order chi connectivity index (χ1) is 14.0. The molecule has 0 saturated carbocycles. The molecule has 0 radical (unpaired) electrons. The number of halogens is 1. The molecule has 1 aromatic heterocycles. The number of amides is 1. The Morgan fingerprint density at radius 2 is 2.14 bits per heavy atom. The Labute approximate surface area is 168 Å². The molecule has 5 rings (SSSR count). The summed E-state index contributed by atoms with van der Waals surface area (Å²) in [4.78, 5) is 16.9. The summed E-state index contributed by atoms with van der Waals surface area (Å²) in [6.45, 7) is 6.34. The van der Waals surface area contributed by atoms with E-state index in [9.17, 15) is 9.18 Å². The lowest BCUT2D eigenvalue weighted by Crippen LogP contribution is -2.20. The predicted molar refractivity (Wildman–Crippen MR) is 111 cm³/mol.